The van der Waals surface area contributed by atoms with Crippen molar-refractivity contribution >= 4 is 5.97 Å². The lowest BCUT2D eigenvalue weighted by atomic mass is 10.1. The van der Waals surface area contributed by atoms with E-state index in [-0.39, 0.29) is 12.6 Å². The number of hydrogen-bond acceptors (Lipinski definition) is 4. The molecule has 1 unspecified atom stereocenters. The van der Waals surface area contributed by atoms with E-state index >= 15 is 0 Å². The number of aliphatic hydroxyl groups is 1. The molecule has 0 aromatic carbocycles. The van der Waals surface area contributed by atoms with E-state index in [1.165, 1.54) is 218 Å². The largest absolute Gasteiger partial charge is 0.457 e. The molecule has 0 aliphatic carbocycles. The van der Waals surface area contributed by atoms with Crippen molar-refractivity contribution in [3.63, 3.8) is 0 Å². The minimum Gasteiger partial charge on any atom is -0.457 e. The van der Waals surface area contributed by atoms with E-state index in [0.717, 1.165) is 19.3 Å². The van der Waals surface area contributed by atoms with Gasteiger partial charge in [0.05, 0.1) is 13.2 Å². The number of aliphatic hydroxyl groups excluding tert-OH is 1. The van der Waals surface area contributed by atoms with Crippen LogP contribution < -0.4 is 0 Å². The summed E-state index contributed by atoms with van der Waals surface area (Å²) >= 11 is 0. The average molecular weight is 747 g/mol. The molecule has 0 aliphatic rings. The lowest BCUT2D eigenvalue weighted by Gasteiger charge is -2.16. The molecule has 0 fully saturated rings. The molecule has 1 N–H and O–H groups in total. The summed E-state index contributed by atoms with van der Waals surface area (Å²) in [6, 6.07) is 0. The Hall–Kier alpha value is -1.13. The number of rotatable bonds is 45. The van der Waals surface area contributed by atoms with Crippen LogP contribution in [-0.2, 0) is 14.3 Å². The van der Waals surface area contributed by atoms with Gasteiger partial charge < -0.3 is 14.6 Å². The molecule has 0 bridgehead atoms. The fraction of sp³-hybridized carbons (Fsp3) is 0.898. The average Bonchev–Trinajstić information content (AvgIpc) is 3.16. The van der Waals surface area contributed by atoms with Gasteiger partial charge in [-0.2, -0.15) is 0 Å². The summed E-state index contributed by atoms with van der Waals surface area (Å²) in [6.07, 6.45) is 58.3. The zero-order valence-electron chi connectivity index (χ0n) is 36.1. The van der Waals surface area contributed by atoms with E-state index in [0.29, 0.717) is 19.6 Å². The number of carbonyl (C=O) groups excluding carboxylic acids is 1. The highest BCUT2D eigenvalue weighted by Gasteiger charge is 2.13. The zero-order valence-corrected chi connectivity index (χ0v) is 36.1. The minimum atomic E-state index is -0.533. The Balaban J connectivity index is 3.38. The van der Waals surface area contributed by atoms with Crippen LogP contribution in [0.15, 0.2) is 24.3 Å². The Morgan fingerprint density at radius 2 is 0.736 bits per heavy atom. The van der Waals surface area contributed by atoms with Gasteiger partial charge in [-0.3, -0.25) is 4.79 Å². The first-order valence-corrected chi connectivity index (χ1v) is 23.9. The molecule has 0 saturated carbocycles. The smallest absolute Gasteiger partial charge is 0.306 e. The maximum Gasteiger partial charge on any atom is 0.306 e. The second kappa shape index (κ2) is 47.0. The summed E-state index contributed by atoms with van der Waals surface area (Å²) in [4.78, 5) is 12.2. The molecule has 0 amide bonds. The van der Waals surface area contributed by atoms with Gasteiger partial charge in [0, 0.05) is 13.0 Å². The van der Waals surface area contributed by atoms with Crippen LogP contribution in [0, 0.1) is 0 Å². The molecule has 4 heteroatoms. The fourth-order valence-corrected chi connectivity index (χ4v) is 7.14. The Bertz CT molecular complexity index is 747. The van der Waals surface area contributed by atoms with Gasteiger partial charge in [-0.1, -0.05) is 212 Å². The summed E-state index contributed by atoms with van der Waals surface area (Å²) in [5.74, 6) is -0.199. The Morgan fingerprint density at radius 3 is 1.08 bits per heavy atom. The van der Waals surface area contributed by atoms with Crippen molar-refractivity contribution in [2.24, 2.45) is 0 Å². The molecule has 314 valence electrons. The van der Waals surface area contributed by atoms with Crippen molar-refractivity contribution < 1.29 is 19.4 Å². The second-order valence-electron chi connectivity index (χ2n) is 16.2. The van der Waals surface area contributed by atoms with Gasteiger partial charge in [0.2, 0.25) is 0 Å². The van der Waals surface area contributed by atoms with Crippen LogP contribution in [-0.4, -0.2) is 37.0 Å². The Morgan fingerprint density at radius 1 is 0.434 bits per heavy atom. The molecule has 0 rings (SSSR count). The van der Waals surface area contributed by atoms with Gasteiger partial charge >= 0.3 is 5.97 Å². The lowest BCUT2D eigenvalue weighted by molar-refractivity contribution is -0.154. The monoisotopic (exact) mass is 747 g/mol. The zero-order chi connectivity index (χ0) is 38.4. The quantitative estimate of drug-likeness (QED) is 0.0383. The number of unbranched alkanes of at least 4 members (excludes halogenated alkanes) is 33. The van der Waals surface area contributed by atoms with Gasteiger partial charge in [-0.15, -0.1) is 0 Å². The molecule has 4 nitrogen and oxygen atoms in total. The van der Waals surface area contributed by atoms with Gasteiger partial charge in [0.25, 0.3) is 0 Å². The first-order chi connectivity index (χ1) is 26.2. The molecule has 0 aromatic heterocycles. The SMILES string of the molecule is CCCCCCCC/C=C\CCCCCCCCCCCC(=O)OC(CO)COCCCCCCCCCCCC/C=C\CCCCCCCCCC. The molecule has 0 radical (unpaired) electrons. The van der Waals surface area contributed by atoms with Crippen LogP contribution in [0.3, 0.4) is 0 Å². The van der Waals surface area contributed by atoms with Gasteiger partial charge in [-0.25, -0.2) is 0 Å². The molecule has 1 atom stereocenters. The summed E-state index contributed by atoms with van der Waals surface area (Å²) < 4.78 is 11.2. The third kappa shape index (κ3) is 45.2. The maximum absolute atomic E-state index is 12.2. The third-order valence-electron chi connectivity index (χ3n) is 10.7. The predicted molar refractivity (Wildman–Crippen MR) is 233 cm³/mol. The van der Waals surface area contributed by atoms with Crippen LogP contribution in [0.25, 0.3) is 0 Å². The molecular weight excluding hydrogens is 653 g/mol. The summed E-state index contributed by atoms with van der Waals surface area (Å²) in [5, 5.41) is 9.63. The second-order valence-corrected chi connectivity index (χ2v) is 16.2. The van der Waals surface area contributed by atoms with Crippen LogP contribution in [0.5, 0.6) is 0 Å². The lowest BCUT2D eigenvalue weighted by Crippen LogP contribution is -2.27. The van der Waals surface area contributed by atoms with Crippen molar-refractivity contribution in [3.8, 4) is 0 Å². The predicted octanol–water partition coefficient (Wildman–Crippen LogP) is 15.9. The fourth-order valence-electron chi connectivity index (χ4n) is 7.14. The van der Waals surface area contributed by atoms with Crippen LogP contribution in [0.4, 0.5) is 0 Å². The standard InChI is InChI=1S/C49H94O4/c1-3-5-7-9-11-13-15-17-19-21-23-24-25-27-29-31-33-35-37-39-41-43-45-52-47-48(46-50)53-49(51)44-42-40-38-36-34-32-30-28-26-22-20-18-16-14-12-10-8-6-4-2/h18,20-21,23,48,50H,3-17,19,22,24-47H2,1-2H3/b20-18-,23-21-. The van der Waals surface area contributed by atoms with Crippen molar-refractivity contribution in [2.75, 3.05) is 19.8 Å². The first-order valence-electron chi connectivity index (χ1n) is 23.9. The highest BCUT2D eigenvalue weighted by molar-refractivity contribution is 5.69. The summed E-state index contributed by atoms with van der Waals surface area (Å²) in [7, 11) is 0. The van der Waals surface area contributed by atoms with E-state index in [1.54, 1.807) is 0 Å². The highest BCUT2D eigenvalue weighted by atomic mass is 16.6. The first kappa shape index (κ1) is 51.9. The van der Waals surface area contributed by atoms with Crippen molar-refractivity contribution in [1.29, 1.82) is 0 Å². The number of hydrogen-bond donors (Lipinski definition) is 1. The van der Waals surface area contributed by atoms with Crippen molar-refractivity contribution in [2.45, 2.75) is 264 Å². The van der Waals surface area contributed by atoms with Crippen LogP contribution in [0.2, 0.25) is 0 Å². The van der Waals surface area contributed by atoms with Crippen LogP contribution in [0.1, 0.15) is 258 Å². The van der Waals surface area contributed by atoms with Gasteiger partial charge in [0.1, 0.15) is 6.10 Å². The Labute approximate surface area is 332 Å². The highest BCUT2D eigenvalue weighted by Crippen LogP contribution is 2.15. The van der Waals surface area contributed by atoms with E-state index in [4.69, 9.17) is 9.47 Å². The molecule has 0 aromatic rings. The normalized spacial score (nSPS) is 12.4. The molecule has 0 heterocycles. The number of carbonyl (C=O) groups is 1. The molecule has 0 spiro atoms. The molecule has 0 saturated heterocycles. The molecular formula is C49H94O4. The van der Waals surface area contributed by atoms with E-state index in [2.05, 4.69) is 38.2 Å². The van der Waals surface area contributed by atoms with Gasteiger partial charge in [0.15, 0.2) is 0 Å². The molecule has 0 aliphatic heterocycles. The summed E-state index contributed by atoms with van der Waals surface area (Å²) in [5.41, 5.74) is 0. The topological polar surface area (TPSA) is 55.8 Å². The Kier molecular flexibility index (Phi) is 46.0. The van der Waals surface area contributed by atoms with E-state index in [9.17, 15) is 9.90 Å². The van der Waals surface area contributed by atoms with Crippen molar-refractivity contribution in [1.82, 2.24) is 0 Å². The van der Waals surface area contributed by atoms with Crippen molar-refractivity contribution in [3.05, 3.63) is 24.3 Å². The third-order valence-corrected chi connectivity index (χ3v) is 10.7. The summed E-state index contributed by atoms with van der Waals surface area (Å²) in [6.45, 7) is 5.38. The number of esters is 1. The maximum atomic E-state index is 12.2. The van der Waals surface area contributed by atoms with Gasteiger partial charge in [-0.05, 0) is 64.2 Å². The minimum absolute atomic E-state index is 0.169. The number of allylic oxidation sites excluding steroid dienone is 4. The van der Waals surface area contributed by atoms with E-state index in [1.807, 2.05) is 0 Å². The van der Waals surface area contributed by atoms with E-state index < -0.39 is 6.10 Å². The number of ether oxygens (including phenoxy) is 2. The molecule has 53 heavy (non-hydrogen) atoms. The van der Waals surface area contributed by atoms with Crippen LogP contribution >= 0.6 is 0 Å².